The van der Waals surface area contributed by atoms with Crippen LogP contribution in [-0.4, -0.2) is 37.6 Å². The van der Waals surface area contributed by atoms with Gasteiger partial charge >= 0.3 is 0 Å². The van der Waals surface area contributed by atoms with Crippen LogP contribution in [0.1, 0.15) is 51.9 Å². The van der Waals surface area contributed by atoms with Gasteiger partial charge in [-0.05, 0) is 58.5 Å². The highest BCUT2D eigenvalue weighted by Gasteiger charge is 2.32. The Balaban J connectivity index is 1.80. The molecule has 2 heteroatoms. The first kappa shape index (κ1) is 13.4. The standard InChI is InChI=1S/C15H30N2/c1-12(13-9-10-13)17(3)11-15(16-2)14-7-5-4-6-8-14/h12-16H,4-11H2,1-3H3. The summed E-state index contributed by atoms with van der Waals surface area (Å²) in [4.78, 5) is 2.59. The minimum absolute atomic E-state index is 0.710. The molecular weight excluding hydrogens is 208 g/mol. The summed E-state index contributed by atoms with van der Waals surface area (Å²) in [6.07, 6.45) is 10.2. The summed E-state index contributed by atoms with van der Waals surface area (Å²) in [5.74, 6) is 1.91. The minimum Gasteiger partial charge on any atom is -0.315 e. The quantitative estimate of drug-likeness (QED) is 0.765. The SMILES string of the molecule is CNC(CN(C)C(C)C1CC1)C1CCCCC1. The summed E-state index contributed by atoms with van der Waals surface area (Å²) < 4.78 is 0. The lowest BCUT2D eigenvalue weighted by Gasteiger charge is -2.35. The van der Waals surface area contributed by atoms with Gasteiger partial charge < -0.3 is 10.2 Å². The molecule has 17 heavy (non-hydrogen) atoms. The third-order valence-electron chi connectivity index (χ3n) is 5.07. The summed E-state index contributed by atoms with van der Waals surface area (Å²) in [6, 6.07) is 1.50. The molecule has 0 aromatic carbocycles. The Labute approximate surface area is 107 Å². The Morgan fingerprint density at radius 2 is 1.71 bits per heavy atom. The van der Waals surface area contributed by atoms with Crippen molar-refractivity contribution in [2.45, 2.75) is 64.0 Å². The molecule has 2 fully saturated rings. The summed E-state index contributed by atoms with van der Waals surface area (Å²) >= 11 is 0. The Hall–Kier alpha value is -0.0800. The molecule has 0 aromatic heterocycles. The first-order valence-corrected chi connectivity index (χ1v) is 7.60. The fourth-order valence-electron chi connectivity index (χ4n) is 3.43. The van der Waals surface area contributed by atoms with E-state index >= 15 is 0 Å². The third-order valence-corrected chi connectivity index (χ3v) is 5.07. The van der Waals surface area contributed by atoms with Crippen LogP contribution in [0.4, 0.5) is 0 Å². The number of nitrogens with one attached hydrogen (secondary N) is 1. The van der Waals surface area contributed by atoms with Crippen LogP contribution >= 0.6 is 0 Å². The van der Waals surface area contributed by atoms with Crippen molar-refractivity contribution in [1.29, 1.82) is 0 Å². The first-order chi connectivity index (χ1) is 8.22. The van der Waals surface area contributed by atoms with Gasteiger partial charge in [0.1, 0.15) is 0 Å². The number of likely N-dealkylation sites (N-methyl/N-ethyl adjacent to an activating group) is 2. The average Bonchev–Trinajstić information content (AvgIpc) is 3.20. The number of hydrogen-bond donors (Lipinski definition) is 1. The van der Waals surface area contributed by atoms with Crippen molar-refractivity contribution in [3.8, 4) is 0 Å². The van der Waals surface area contributed by atoms with Gasteiger partial charge in [0.15, 0.2) is 0 Å². The Bertz CT molecular complexity index is 219. The molecule has 2 aliphatic carbocycles. The van der Waals surface area contributed by atoms with Crippen molar-refractivity contribution in [3.63, 3.8) is 0 Å². The van der Waals surface area contributed by atoms with E-state index in [9.17, 15) is 0 Å². The molecule has 2 rings (SSSR count). The Morgan fingerprint density at radius 1 is 1.06 bits per heavy atom. The van der Waals surface area contributed by atoms with Gasteiger partial charge in [0.2, 0.25) is 0 Å². The molecule has 0 saturated heterocycles. The summed E-state index contributed by atoms with van der Waals surface area (Å²) in [5, 5.41) is 3.58. The summed E-state index contributed by atoms with van der Waals surface area (Å²) in [5.41, 5.74) is 0. The second-order valence-electron chi connectivity index (χ2n) is 6.31. The molecule has 2 atom stereocenters. The normalized spacial score (nSPS) is 26.1. The summed E-state index contributed by atoms with van der Waals surface area (Å²) in [7, 11) is 4.46. The van der Waals surface area contributed by atoms with E-state index in [2.05, 4.69) is 31.2 Å². The average molecular weight is 238 g/mol. The summed E-state index contributed by atoms with van der Waals surface area (Å²) in [6.45, 7) is 3.64. The molecule has 100 valence electrons. The van der Waals surface area contributed by atoms with Crippen LogP contribution in [0, 0.1) is 11.8 Å². The van der Waals surface area contributed by atoms with Crippen LogP contribution < -0.4 is 5.32 Å². The molecule has 2 nitrogen and oxygen atoms in total. The maximum atomic E-state index is 3.58. The van der Waals surface area contributed by atoms with Crippen molar-refractivity contribution < 1.29 is 0 Å². The Kier molecular flexibility index (Phi) is 4.87. The highest BCUT2D eigenvalue weighted by atomic mass is 15.2. The lowest BCUT2D eigenvalue weighted by molar-refractivity contribution is 0.170. The van der Waals surface area contributed by atoms with Gasteiger partial charge in [-0.25, -0.2) is 0 Å². The molecule has 0 spiro atoms. The molecule has 2 unspecified atom stereocenters. The maximum absolute atomic E-state index is 3.58. The Morgan fingerprint density at radius 3 is 2.24 bits per heavy atom. The van der Waals surface area contributed by atoms with E-state index in [-0.39, 0.29) is 0 Å². The first-order valence-electron chi connectivity index (χ1n) is 7.60. The second kappa shape index (κ2) is 6.19. The van der Waals surface area contributed by atoms with E-state index in [1.807, 2.05) is 0 Å². The van der Waals surface area contributed by atoms with E-state index in [0.29, 0.717) is 6.04 Å². The van der Waals surface area contributed by atoms with Crippen LogP contribution in [0.15, 0.2) is 0 Å². The van der Waals surface area contributed by atoms with Crippen molar-refractivity contribution in [2.24, 2.45) is 11.8 Å². The van der Waals surface area contributed by atoms with Crippen LogP contribution in [0.25, 0.3) is 0 Å². The van der Waals surface area contributed by atoms with E-state index in [4.69, 9.17) is 0 Å². The zero-order valence-electron chi connectivity index (χ0n) is 11.9. The van der Waals surface area contributed by atoms with E-state index in [1.165, 1.54) is 51.5 Å². The van der Waals surface area contributed by atoms with Crippen LogP contribution in [-0.2, 0) is 0 Å². The lowest BCUT2D eigenvalue weighted by Crippen LogP contribution is -2.46. The molecule has 1 N–H and O–H groups in total. The number of nitrogens with zero attached hydrogens (tertiary/aromatic N) is 1. The van der Waals surface area contributed by atoms with Crippen molar-refractivity contribution in [2.75, 3.05) is 20.6 Å². The molecule has 2 saturated carbocycles. The highest BCUT2D eigenvalue weighted by Crippen LogP contribution is 2.35. The fraction of sp³-hybridized carbons (Fsp3) is 1.00. The predicted octanol–water partition coefficient (Wildman–Crippen LogP) is 2.89. The van der Waals surface area contributed by atoms with Crippen LogP contribution in [0.2, 0.25) is 0 Å². The van der Waals surface area contributed by atoms with Crippen LogP contribution in [0.5, 0.6) is 0 Å². The predicted molar refractivity (Wildman–Crippen MR) is 74.2 cm³/mol. The second-order valence-corrected chi connectivity index (χ2v) is 6.31. The maximum Gasteiger partial charge on any atom is 0.0220 e. The molecule has 0 heterocycles. The zero-order chi connectivity index (χ0) is 12.3. The molecule has 0 bridgehead atoms. The van der Waals surface area contributed by atoms with Crippen molar-refractivity contribution in [3.05, 3.63) is 0 Å². The van der Waals surface area contributed by atoms with Gasteiger partial charge in [0.25, 0.3) is 0 Å². The van der Waals surface area contributed by atoms with E-state index in [1.54, 1.807) is 0 Å². The lowest BCUT2D eigenvalue weighted by atomic mass is 9.83. The van der Waals surface area contributed by atoms with Gasteiger partial charge in [0.05, 0.1) is 0 Å². The van der Waals surface area contributed by atoms with E-state index in [0.717, 1.165) is 17.9 Å². The molecule has 2 aliphatic rings. The molecule has 0 aliphatic heterocycles. The number of rotatable bonds is 6. The smallest absolute Gasteiger partial charge is 0.0220 e. The van der Waals surface area contributed by atoms with Crippen molar-refractivity contribution >= 4 is 0 Å². The minimum atomic E-state index is 0.710. The fourth-order valence-corrected chi connectivity index (χ4v) is 3.43. The van der Waals surface area contributed by atoms with Gasteiger partial charge in [-0.2, -0.15) is 0 Å². The number of hydrogen-bond acceptors (Lipinski definition) is 2. The zero-order valence-corrected chi connectivity index (χ0v) is 11.9. The largest absolute Gasteiger partial charge is 0.315 e. The van der Waals surface area contributed by atoms with Gasteiger partial charge in [-0.1, -0.05) is 19.3 Å². The molecule has 0 amide bonds. The van der Waals surface area contributed by atoms with Crippen molar-refractivity contribution in [1.82, 2.24) is 10.2 Å². The van der Waals surface area contributed by atoms with E-state index < -0.39 is 0 Å². The topological polar surface area (TPSA) is 15.3 Å². The van der Waals surface area contributed by atoms with Gasteiger partial charge in [0, 0.05) is 18.6 Å². The molecule has 0 radical (unpaired) electrons. The van der Waals surface area contributed by atoms with Gasteiger partial charge in [-0.3, -0.25) is 0 Å². The molecule has 0 aromatic rings. The third kappa shape index (κ3) is 3.69. The molecular formula is C15H30N2. The monoisotopic (exact) mass is 238 g/mol. The van der Waals surface area contributed by atoms with Crippen LogP contribution in [0.3, 0.4) is 0 Å². The highest BCUT2D eigenvalue weighted by molar-refractivity contribution is 4.87. The van der Waals surface area contributed by atoms with Gasteiger partial charge in [-0.15, -0.1) is 0 Å².